The molecular weight excluding hydrogens is 432 g/mol. The van der Waals surface area contributed by atoms with Crippen molar-refractivity contribution in [2.75, 3.05) is 0 Å². The number of rotatable bonds is 2. The van der Waals surface area contributed by atoms with Crippen LogP contribution in [0.5, 0.6) is 11.5 Å². The zero-order valence-corrected chi connectivity index (χ0v) is 18.0. The van der Waals surface area contributed by atoms with Crippen LogP contribution < -0.4 is 4.74 Å². The fourth-order valence-electron chi connectivity index (χ4n) is 4.53. The molecule has 0 spiro atoms. The molecule has 3 aromatic rings. The van der Waals surface area contributed by atoms with E-state index in [4.69, 9.17) is 16.3 Å². The van der Waals surface area contributed by atoms with Gasteiger partial charge in [-0.15, -0.1) is 0 Å². The number of hydrogen-bond acceptors (Lipinski definition) is 1. The number of benzene rings is 3. The standard InChI is InChI=1S/C25H20BrClO/c1-15-14-20-19(18-8-3-2-7-17(15)18)13-12-16-6-4-10-22(24(16)20)28-23-11-5-9-21(26)25(23)27/h3-6,8-13,15H,2,7,14H2,1H3. The zero-order valence-electron chi connectivity index (χ0n) is 15.6. The van der Waals surface area contributed by atoms with Crippen molar-refractivity contribution < 1.29 is 4.74 Å². The van der Waals surface area contributed by atoms with Crippen molar-refractivity contribution in [3.63, 3.8) is 0 Å². The van der Waals surface area contributed by atoms with E-state index in [2.05, 4.69) is 53.2 Å². The average molecular weight is 452 g/mol. The molecule has 0 saturated carbocycles. The Hall–Kier alpha value is -2.03. The van der Waals surface area contributed by atoms with Crippen molar-refractivity contribution in [1.82, 2.24) is 0 Å². The number of ether oxygens (including phenoxy) is 1. The lowest BCUT2D eigenvalue weighted by Crippen LogP contribution is -2.15. The molecule has 3 heteroatoms. The Kier molecular flexibility index (Phi) is 4.57. The highest BCUT2D eigenvalue weighted by Crippen LogP contribution is 2.45. The summed E-state index contributed by atoms with van der Waals surface area (Å²) >= 11 is 9.95. The first-order valence-electron chi connectivity index (χ1n) is 9.70. The molecule has 140 valence electrons. The van der Waals surface area contributed by atoms with Crippen LogP contribution in [0.25, 0.3) is 16.3 Å². The first-order chi connectivity index (χ1) is 13.6. The van der Waals surface area contributed by atoms with Gasteiger partial charge in [0, 0.05) is 9.86 Å². The van der Waals surface area contributed by atoms with E-state index in [0.717, 1.165) is 23.1 Å². The van der Waals surface area contributed by atoms with Gasteiger partial charge in [-0.2, -0.15) is 0 Å². The molecule has 0 amide bonds. The molecule has 0 bridgehead atoms. The van der Waals surface area contributed by atoms with Gasteiger partial charge in [0.15, 0.2) is 0 Å². The second kappa shape index (κ2) is 7.09. The van der Waals surface area contributed by atoms with Gasteiger partial charge in [-0.05, 0) is 81.4 Å². The minimum absolute atomic E-state index is 0.556. The highest BCUT2D eigenvalue weighted by Gasteiger charge is 2.26. The smallest absolute Gasteiger partial charge is 0.147 e. The van der Waals surface area contributed by atoms with Crippen molar-refractivity contribution in [2.24, 2.45) is 5.92 Å². The molecule has 1 unspecified atom stereocenters. The van der Waals surface area contributed by atoms with Crippen LogP contribution in [0.2, 0.25) is 5.02 Å². The van der Waals surface area contributed by atoms with Gasteiger partial charge in [-0.25, -0.2) is 0 Å². The molecule has 0 heterocycles. The lowest BCUT2D eigenvalue weighted by molar-refractivity contribution is 0.487. The summed E-state index contributed by atoms with van der Waals surface area (Å²) in [7, 11) is 0. The second-order valence-electron chi connectivity index (χ2n) is 7.59. The molecule has 0 radical (unpaired) electrons. The van der Waals surface area contributed by atoms with Gasteiger partial charge in [-0.3, -0.25) is 0 Å². The highest BCUT2D eigenvalue weighted by atomic mass is 79.9. The Bertz CT molecular complexity index is 1160. The van der Waals surface area contributed by atoms with Crippen molar-refractivity contribution in [3.05, 3.63) is 86.9 Å². The van der Waals surface area contributed by atoms with Crippen molar-refractivity contribution in [1.29, 1.82) is 0 Å². The van der Waals surface area contributed by atoms with E-state index < -0.39 is 0 Å². The maximum Gasteiger partial charge on any atom is 0.147 e. The van der Waals surface area contributed by atoms with Crippen molar-refractivity contribution in [2.45, 2.75) is 26.2 Å². The van der Waals surface area contributed by atoms with Crippen LogP contribution >= 0.6 is 27.5 Å². The molecule has 0 saturated heterocycles. The lowest BCUT2D eigenvalue weighted by Gasteiger charge is -2.30. The first-order valence-corrected chi connectivity index (χ1v) is 10.9. The fourth-order valence-corrected chi connectivity index (χ4v) is 5.05. The van der Waals surface area contributed by atoms with Gasteiger partial charge in [-0.1, -0.05) is 66.6 Å². The Labute approximate surface area is 178 Å². The van der Waals surface area contributed by atoms with Crippen LogP contribution in [0.4, 0.5) is 0 Å². The van der Waals surface area contributed by atoms with E-state index in [0.29, 0.717) is 16.7 Å². The summed E-state index contributed by atoms with van der Waals surface area (Å²) in [5.74, 6) is 2.09. The van der Waals surface area contributed by atoms with Crippen LogP contribution in [0, 0.1) is 5.92 Å². The summed E-state index contributed by atoms with van der Waals surface area (Å²) in [6.45, 7) is 2.35. The quantitative estimate of drug-likeness (QED) is 0.380. The molecule has 2 aliphatic rings. The number of allylic oxidation sites excluding steroid dienone is 4. The minimum atomic E-state index is 0.556. The number of hydrogen-bond donors (Lipinski definition) is 0. The van der Waals surface area contributed by atoms with Crippen molar-refractivity contribution >= 4 is 43.9 Å². The van der Waals surface area contributed by atoms with Gasteiger partial charge in [0.2, 0.25) is 0 Å². The molecule has 0 N–H and O–H groups in total. The predicted octanol–water partition coefficient (Wildman–Crippen LogP) is 8.34. The first kappa shape index (κ1) is 18.0. The zero-order chi connectivity index (χ0) is 19.3. The molecule has 28 heavy (non-hydrogen) atoms. The third-order valence-corrected chi connectivity index (χ3v) is 7.14. The van der Waals surface area contributed by atoms with Crippen LogP contribution in [0.15, 0.2) is 70.7 Å². The Morgan fingerprint density at radius 2 is 1.86 bits per heavy atom. The van der Waals surface area contributed by atoms with Crippen molar-refractivity contribution in [3.8, 4) is 11.5 Å². The van der Waals surface area contributed by atoms with Crippen LogP contribution in [0.1, 0.15) is 30.9 Å². The SMILES string of the molecule is CC1Cc2c(ccc3cccc(Oc4cccc(Br)c4Cl)c23)C2=C1CCC=C2. The summed E-state index contributed by atoms with van der Waals surface area (Å²) < 4.78 is 7.18. The molecule has 5 rings (SSSR count). The normalized spacial score (nSPS) is 18.2. The topological polar surface area (TPSA) is 9.23 Å². The Balaban J connectivity index is 1.72. The summed E-state index contributed by atoms with van der Waals surface area (Å²) in [6.07, 6.45) is 7.99. The predicted molar refractivity (Wildman–Crippen MR) is 121 cm³/mol. The monoisotopic (exact) mass is 450 g/mol. The molecule has 0 aliphatic heterocycles. The Morgan fingerprint density at radius 3 is 2.75 bits per heavy atom. The average Bonchev–Trinajstić information content (AvgIpc) is 2.71. The van der Waals surface area contributed by atoms with Gasteiger partial charge in [0.25, 0.3) is 0 Å². The summed E-state index contributed by atoms with van der Waals surface area (Å²) in [4.78, 5) is 0. The van der Waals surface area contributed by atoms with Gasteiger partial charge < -0.3 is 4.74 Å². The Morgan fingerprint density at radius 1 is 1.04 bits per heavy atom. The van der Waals surface area contributed by atoms with E-state index in [1.54, 1.807) is 5.57 Å². The highest BCUT2D eigenvalue weighted by molar-refractivity contribution is 9.10. The van der Waals surface area contributed by atoms with Gasteiger partial charge in [0.05, 0.1) is 5.02 Å². The molecule has 3 aromatic carbocycles. The van der Waals surface area contributed by atoms with E-state index in [9.17, 15) is 0 Å². The van der Waals surface area contributed by atoms with Crippen LogP contribution in [-0.2, 0) is 6.42 Å². The lowest BCUT2D eigenvalue weighted by atomic mass is 9.74. The van der Waals surface area contributed by atoms with E-state index >= 15 is 0 Å². The van der Waals surface area contributed by atoms with Crippen LogP contribution in [0.3, 0.4) is 0 Å². The molecule has 1 nitrogen and oxygen atoms in total. The second-order valence-corrected chi connectivity index (χ2v) is 8.82. The fraction of sp³-hybridized carbons (Fsp3) is 0.200. The molecule has 0 fully saturated rings. The largest absolute Gasteiger partial charge is 0.455 e. The van der Waals surface area contributed by atoms with Gasteiger partial charge in [0.1, 0.15) is 11.5 Å². The number of fused-ring (bicyclic) bond motifs is 4. The van der Waals surface area contributed by atoms with E-state index in [-0.39, 0.29) is 0 Å². The molecule has 2 aliphatic carbocycles. The third-order valence-electron chi connectivity index (χ3n) is 5.86. The molecule has 0 aromatic heterocycles. The maximum absolute atomic E-state index is 6.46. The molecular formula is C25H20BrClO. The van der Waals surface area contributed by atoms with Crippen LogP contribution in [-0.4, -0.2) is 0 Å². The summed E-state index contributed by atoms with van der Waals surface area (Å²) in [5.41, 5.74) is 5.75. The third kappa shape index (κ3) is 2.91. The van der Waals surface area contributed by atoms with E-state index in [1.807, 2.05) is 30.3 Å². The molecule has 1 atom stereocenters. The summed E-state index contributed by atoms with van der Waals surface area (Å²) in [5, 5.41) is 3.00. The minimum Gasteiger partial charge on any atom is -0.455 e. The summed E-state index contributed by atoms with van der Waals surface area (Å²) in [6, 6.07) is 16.5. The number of halogens is 2. The van der Waals surface area contributed by atoms with E-state index in [1.165, 1.54) is 33.9 Å². The van der Waals surface area contributed by atoms with Gasteiger partial charge >= 0.3 is 0 Å². The maximum atomic E-state index is 6.46.